The van der Waals surface area contributed by atoms with Crippen molar-refractivity contribution in [2.75, 3.05) is 5.32 Å². The van der Waals surface area contributed by atoms with Crippen molar-refractivity contribution in [2.24, 2.45) is 0 Å². The molecule has 0 saturated heterocycles. The van der Waals surface area contributed by atoms with Crippen LogP contribution in [0.15, 0.2) is 18.2 Å². The van der Waals surface area contributed by atoms with Crippen molar-refractivity contribution in [1.29, 1.82) is 0 Å². The Kier molecular flexibility index (Phi) is 9.58. The molecular weight excluding hydrogens is 322 g/mol. The van der Waals surface area contributed by atoms with Crippen LogP contribution >= 0.6 is 0 Å². The summed E-state index contributed by atoms with van der Waals surface area (Å²) < 4.78 is 0. The third kappa shape index (κ3) is 7.39. The lowest BCUT2D eigenvalue weighted by atomic mass is 10.0. The van der Waals surface area contributed by atoms with Crippen molar-refractivity contribution >= 4 is 11.7 Å². The van der Waals surface area contributed by atoms with Crippen LogP contribution in [0.5, 0.6) is 0 Å². The van der Waals surface area contributed by atoms with Crippen LogP contribution in [-0.4, -0.2) is 17.1 Å². The Hall–Kier alpha value is -1.51. The largest absolute Gasteiger partial charge is 0.478 e. The van der Waals surface area contributed by atoms with Crippen LogP contribution in [0.3, 0.4) is 0 Å². The van der Waals surface area contributed by atoms with Gasteiger partial charge in [0.1, 0.15) is 0 Å². The van der Waals surface area contributed by atoms with Gasteiger partial charge in [-0.2, -0.15) is 0 Å². The molecule has 1 aromatic rings. The molecule has 0 radical (unpaired) electrons. The zero-order valence-electron chi connectivity index (χ0n) is 16.6. The number of unbranched alkanes of at least 4 members (excludes halogenated alkanes) is 11. The molecule has 1 heterocycles. The Balaban J connectivity index is 1.45. The van der Waals surface area contributed by atoms with Crippen molar-refractivity contribution in [3.8, 4) is 0 Å². The molecule has 0 amide bonds. The highest BCUT2D eigenvalue weighted by Crippen LogP contribution is 2.29. The minimum absolute atomic E-state index is 0.377. The number of aromatic carboxylic acids is 1. The molecule has 1 aromatic carbocycles. The van der Waals surface area contributed by atoms with Crippen molar-refractivity contribution in [1.82, 2.24) is 0 Å². The normalized spacial score (nSPS) is 15.7. The number of carbonyl (C=O) groups is 1. The molecule has 3 heteroatoms. The van der Waals surface area contributed by atoms with Crippen LogP contribution in [-0.2, 0) is 6.42 Å². The summed E-state index contributed by atoms with van der Waals surface area (Å²) in [6.45, 7) is 2.27. The van der Waals surface area contributed by atoms with Gasteiger partial charge in [-0.15, -0.1) is 0 Å². The number of carboxylic acids is 1. The number of carboxylic acid groups (broad SMARTS) is 1. The van der Waals surface area contributed by atoms with E-state index in [2.05, 4.69) is 12.2 Å². The molecule has 2 rings (SSSR count). The number of hydrogen-bond acceptors (Lipinski definition) is 2. The van der Waals surface area contributed by atoms with Crippen molar-refractivity contribution in [3.05, 3.63) is 29.3 Å². The number of rotatable bonds is 14. The van der Waals surface area contributed by atoms with Gasteiger partial charge in [0.15, 0.2) is 0 Å². The van der Waals surface area contributed by atoms with Crippen LogP contribution in [0, 0.1) is 0 Å². The monoisotopic (exact) mass is 359 g/mol. The zero-order chi connectivity index (χ0) is 18.6. The van der Waals surface area contributed by atoms with E-state index in [0.29, 0.717) is 11.6 Å². The van der Waals surface area contributed by atoms with Gasteiger partial charge >= 0.3 is 5.97 Å². The molecule has 26 heavy (non-hydrogen) atoms. The second-order valence-corrected chi connectivity index (χ2v) is 7.90. The molecular formula is C23H37NO2. The van der Waals surface area contributed by atoms with Gasteiger partial charge in [0, 0.05) is 11.7 Å². The highest BCUT2D eigenvalue weighted by molar-refractivity contribution is 5.89. The first-order valence-electron chi connectivity index (χ1n) is 10.8. The molecule has 1 aliphatic heterocycles. The lowest BCUT2D eigenvalue weighted by molar-refractivity contribution is 0.0697. The van der Waals surface area contributed by atoms with Crippen molar-refractivity contribution < 1.29 is 9.90 Å². The highest BCUT2D eigenvalue weighted by atomic mass is 16.4. The van der Waals surface area contributed by atoms with E-state index in [1.165, 1.54) is 89.0 Å². The van der Waals surface area contributed by atoms with E-state index in [-0.39, 0.29) is 0 Å². The SMILES string of the molecule is CCCCCCCCCCCCCC[C@H]1Cc2ccc(C(=O)O)cc2N1. The second-order valence-electron chi connectivity index (χ2n) is 7.90. The van der Waals surface area contributed by atoms with Gasteiger partial charge in [0.2, 0.25) is 0 Å². The maximum Gasteiger partial charge on any atom is 0.335 e. The molecule has 2 N–H and O–H groups in total. The van der Waals surface area contributed by atoms with Crippen molar-refractivity contribution in [3.63, 3.8) is 0 Å². The first-order chi connectivity index (χ1) is 12.7. The van der Waals surface area contributed by atoms with Crippen LogP contribution in [0.1, 0.15) is 106 Å². The van der Waals surface area contributed by atoms with E-state index < -0.39 is 5.97 Å². The average molecular weight is 360 g/mol. The maximum absolute atomic E-state index is 11.1. The van der Waals surface area contributed by atoms with Gasteiger partial charge < -0.3 is 10.4 Å². The van der Waals surface area contributed by atoms with Gasteiger partial charge in [-0.1, -0.05) is 90.0 Å². The first kappa shape index (κ1) is 20.8. The Morgan fingerprint density at radius 3 is 2.12 bits per heavy atom. The molecule has 3 nitrogen and oxygen atoms in total. The lowest BCUT2D eigenvalue weighted by Gasteiger charge is -2.11. The minimum atomic E-state index is -0.848. The number of anilines is 1. The van der Waals surface area contributed by atoms with E-state index >= 15 is 0 Å². The van der Waals surface area contributed by atoms with Gasteiger partial charge in [0.25, 0.3) is 0 Å². The molecule has 0 aliphatic carbocycles. The van der Waals surface area contributed by atoms with E-state index in [9.17, 15) is 4.79 Å². The summed E-state index contributed by atoms with van der Waals surface area (Å²) in [4.78, 5) is 11.1. The summed E-state index contributed by atoms with van der Waals surface area (Å²) in [5.41, 5.74) is 2.66. The molecule has 1 aliphatic rings. The quantitative estimate of drug-likeness (QED) is 0.359. The Morgan fingerprint density at radius 1 is 0.962 bits per heavy atom. The fourth-order valence-electron chi connectivity index (χ4n) is 3.96. The summed E-state index contributed by atoms with van der Waals surface area (Å²) in [6.07, 6.45) is 18.8. The minimum Gasteiger partial charge on any atom is -0.478 e. The first-order valence-corrected chi connectivity index (χ1v) is 10.8. The van der Waals surface area contributed by atoms with Gasteiger partial charge in [-0.05, 0) is 30.5 Å². The smallest absolute Gasteiger partial charge is 0.335 e. The number of fused-ring (bicyclic) bond motifs is 1. The Morgan fingerprint density at radius 2 is 1.54 bits per heavy atom. The fourth-order valence-corrected chi connectivity index (χ4v) is 3.96. The number of hydrogen-bond donors (Lipinski definition) is 2. The molecule has 0 saturated carbocycles. The molecule has 0 aromatic heterocycles. The molecule has 0 fully saturated rings. The predicted octanol–water partition coefficient (Wildman–Crippen LogP) is 6.81. The molecule has 0 unspecified atom stereocenters. The van der Waals surface area contributed by atoms with Gasteiger partial charge in [-0.25, -0.2) is 4.79 Å². The van der Waals surface area contributed by atoms with Gasteiger partial charge in [-0.3, -0.25) is 0 Å². The molecule has 146 valence electrons. The van der Waals surface area contributed by atoms with Crippen LogP contribution < -0.4 is 5.32 Å². The summed E-state index contributed by atoms with van der Waals surface area (Å²) >= 11 is 0. The van der Waals surface area contributed by atoms with E-state index in [4.69, 9.17) is 5.11 Å². The summed E-state index contributed by atoms with van der Waals surface area (Å²) in [5, 5.41) is 12.6. The fraction of sp³-hybridized carbons (Fsp3) is 0.696. The summed E-state index contributed by atoms with van der Waals surface area (Å²) in [7, 11) is 0. The van der Waals surface area contributed by atoms with Gasteiger partial charge in [0.05, 0.1) is 5.56 Å². The van der Waals surface area contributed by atoms with Crippen LogP contribution in [0.4, 0.5) is 5.69 Å². The number of nitrogens with one attached hydrogen (secondary N) is 1. The highest BCUT2D eigenvalue weighted by Gasteiger charge is 2.21. The second kappa shape index (κ2) is 12.0. The number of benzene rings is 1. The third-order valence-corrected chi connectivity index (χ3v) is 5.59. The van der Waals surface area contributed by atoms with E-state index in [1.807, 2.05) is 6.07 Å². The maximum atomic E-state index is 11.1. The predicted molar refractivity (Wildman–Crippen MR) is 110 cm³/mol. The zero-order valence-corrected chi connectivity index (χ0v) is 16.6. The van der Waals surface area contributed by atoms with Crippen LogP contribution in [0.25, 0.3) is 0 Å². The third-order valence-electron chi connectivity index (χ3n) is 5.59. The molecule has 0 bridgehead atoms. The topological polar surface area (TPSA) is 49.3 Å². The van der Waals surface area contributed by atoms with E-state index in [1.54, 1.807) is 12.1 Å². The Bertz CT molecular complexity index is 541. The van der Waals surface area contributed by atoms with Crippen LogP contribution in [0.2, 0.25) is 0 Å². The van der Waals surface area contributed by atoms with E-state index in [0.717, 1.165) is 12.1 Å². The Labute approximate surface area is 159 Å². The van der Waals surface area contributed by atoms with Crippen molar-refractivity contribution in [2.45, 2.75) is 103 Å². The average Bonchev–Trinajstić information content (AvgIpc) is 3.04. The molecule has 0 spiro atoms. The summed E-state index contributed by atoms with van der Waals surface area (Å²) in [5.74, 6) is -0.848. The summed E-state index contributed by atoms with van der Waals surface area (Å²) in [6, 6.07) is 5.94. The standard InChI is InChI=1S/C23H37NO2/c1-2-3-4-5-6-7-8-9-10-11-12-13-14-21-17-19-15-16-20(23(25)26)18-22(19)24-21/h15-16,18,21,24H,2-14,17H2,1H3,(H,25,26)/t21-/m0/s1. The lowest BCUT2D eigenvalue weighted by Crippen LogP contribution is -2.14. The molecule has 1 atom stereocenters.